The van der Waals surface area contributed by atoms with E-state index in [2.05, 4.69) is 4.98 Å². The Balaban J connectivity index is 1.84. The van der Waals surface area contributed by atoms with E-state index in [1.807, 2.05) is 24.4 Å². The largest absolute Gasteiger partial charge is 0.487 e. The summed E-state index contributed by atoms with van der Waals surface area (Å²) in [5.74, 6) is 1.48. The van der Waals surface area contributed by atoms with Crippen molar-refractivity contribution in [3.8, 4) is 11.5 Å². The zero-order chi connectivity index (χ0) is 12.9. The molecule has 0 amide bonds. The lowest BCUT2D eigenvalue weighted by atomic mass is 10.2. The Bertz CT molecular complexity index is 491. The second-order valence-corrected chi connectivity index (χ2v) is 4.29. The van der Waals surface area contributed by atoms with Crippen LogP contribution in [0.25, 0.3) is 10.9 Å². The molecule has 1 aromatic carbocycles. The van der Waals surface area contributed by atoms with Gasteiger partial charge in [-0.25, -0.2) is 0 Å². The highest BCUT2D eigenvalue weighted by Crippen LogP contribution is 2.32. The van der Waals surface area contributed by atoms with Gasteiger partial charge < -0.3 is 23.9 Å². The van der Waals surface area contributed by atoms with Crippen LogP contribution in [0.1, 0.15) is 0 Å². The quantitative estimate of drug-likeness (QED) is 0.789. The number of nitrogens with one attached hydrogen (secondary N) is 1. The number of fused-ring (bicyclic) bond motifs is 2. The molecule has 5 nitrogen and oxygen atoms in total. The van der Waals surface area contributed by atoms with E-state index in [4.69, 9.17) is 18.9 Å². The molecule has 102 valence electrons. The fourth-order valence-corrected chi connectivity index (χ4v) is 2.03. The highest BCUT2D eigenvalue weighted by Gasteiger charge is 2.09. The first-order chi connectivity index (χ1) is 9.43. The lowest BCUT2D eigenvalue weighted by molar-refractivity contribution is 0.0224. The van der Waals surface area contributed by atoms with E-state index in [1.54, 1.807) is 0 Å². The molecule has 2 heterocycles. The second kappa shape index (κ2) is 5.95. The molecule has 0 saturated heterocycles. The molecule has 3 rings (SSSR count). The number of aromatic nitrogens is 1. The summed E-state index contributed by atoms with van der Waals surface area (Å²) in [6, 6.07) is 5.94. The van der Waals surface area contributed by atoms with Gasteiger partial charge in [0.05, 0.1) is 26.4 Å². The van der Waals surface area contributed by atoms with Gasteiger partial charge in [0.25, 0.3) is 0 Å². The molecule has 1 aliphatic heterocycles. The molecule has 0 radical (unpaired) electrons. The lowest BCUT2D eigenvalue weighted by Crippen LogP contribution is -2.15. The fraction of sp³-hybridized carbons (Fsp3) is 0.429. The molecule has 0 atom stereocenters. The Labute approximate surface area is 111 Å². The summed E-state index contributed by atoms with van der Waals surface area (Å²) in [4.78, 5) is 3.16. The van der Waals surface area contributed by atoms with E-state index >= 15 is 0 Å². The van der Waals surface area contributed by atoms with Crippen molar-refractivity contribution in [2.45, 2.75) is 0 Å². The highest BCUT2D eigenvalue weighted by atomic mass is 16.6. The van der Waals surface area contributed by atoms with Crippen LogP contribution in [-0.2, 0) is 9.47 Å². The van der Waals surface area contributed by atoms with Gasteiger partial charge in [0.15, 0.2) is 11.5 Å². The van der Waals surface area contributed by atoms with Gasteiger partial charge in [-0.2, -0.15) is 0 Å². The first-order valence-corrected chi connectivity index (χ1v) is 6.46. The number of hydrogen-bond acceptors (Lipinski definition) is 4. The normalized spacial score (nSPS) is 17.7. The number of rotatable bonds is 0. The number of benzene rings is 1. The summed E-state index contributed by atoms with van der Waals surface area (Å²) in [6.07, 6.45) is 1.90. The Morgan fingerprint density at radius 2 is 1.42 bits per heavy atom. The summed E-state index contributed by atoms with van der Waals surface area (Å²) in [5.41, 5.74) is 1.03. The van der Waals surface area contributed by atoms with E-state index < -0.39 is 0 Å². The summed E-state index contributed by atoms with van der Waals surface area (Å²) >= 11 is 0. The van der Waals surface area contributed by atoms with E-state index in [1.165, 1.54) is 0 Å². The molecule has 0 saturated carbocycles. The average molecular weight is 263 g/mol. The summed E-state index contributed by atoms with van der Waals surface area (Å²) in [5, 5.41) is 1.10. The van der Waals surface area contributed by atoms with Crippen LogP contribution in [-0.4, -0.2) is 44.6 Å². The van der Waals surface area contributed by atoms with Gasteiger partial charge in [-0.05, 0) is 12.1 Å². The molecule has 1 aliphatic rings. The molecule has 2 aromatic rings. The SMILES string of the molecule is c1cc2cc3c(cc2[nH]1)OCCOCCOCCO3. The number of ether oxygens (including phenoxy) is 4. The lowest BCUT2D eigenvalue weighted by Gasteiger charge is -2.15. The molecule has 0 aliphatic carbocycles. The van der Waals surface area contributed by atoms with Gasteiger partial charge >= 0.3 is 0 Å². The molecule has 0 spiro atoms. The smallest absolute Gasteiger partial charge is 0.163 e. The maximum Gasteiger partial charge on any atom is 0.163 e. The monoisotopic (exact) mass is 263 g/mol. The predicted molar refractivity (Wildman–Crippen MR) is 70.9 cm³/mol. The number of hydrogen-bond donors (Lipinski definition) is 1. The van der Waals surface area contributed by atoms with Crippen molar-refractivity contribution in [3.63, 3.8) is 0 Å². The average Bonchev–Trinajstić information content (AvgIpc) is 2.85. The predicted octanol–water partition coefficient (Wildman–Crippen LogP) is 1.97. The third kappa shape index (κ3) is 3.00. The van der Waals surface area contributed by atoms with Crippen LogP contribution in [0.15, 0.2) is 24.4 Å². The Hall–Kier alpha value is -1.72. The van der Waals surface area contributed by atoms with Crippen LogP contribution in [0.4, 0.5) is 0 Å². The standard InChI is InChI=1S/C14H17NO4/c1-2-15-12-10-14-13(9-11(1)12)18-7-5-16-3-4-17-6-8-19-14/h1-2,9-10,15H,3-8H2. The first-order valence-electron chi connectivity index (χ1n) is 6.46. The van der Waals surface area contributed by atoms with Crippen molar-refractivity contribution in [3.05, 3.63) is 24.4 Å². The van der Waals surface area contributed by atoms with Gasteiger partial charge in [0.1, 0.15) is 13.2 Å². The van der Waals surface area contributed by atoms with Gasteiger partial charge in [-0.15, -0.1) is 0 Å². The van der Waals surface area contributed by atoms with E-state index in [9.17, 15) is 0 Å². The maximum atomic E-state index is 5.73. The Kier molecular flexibility index (Phi) is 3.86. The molecule has 1 N–H and O–H groups in total. The summed E-state index contributed by atoms with van der Waals surface area (Å²) < 4.78 is 22.3. The molecule has 0 fully saturated rings. The van der Waals surface area contributed by atoms with Crippen molar-refractivity contribution in [2.24, 2.45) is 0 Å². The molecule has 0 bridgehead atoms. The molecule has 0 unspecified atom stereocenters. The first kappa shape index (κ1) is 12.3. The zero-order valence-electron chi connectivity index (χ0n) is 10.7. The minimum absolute atomic E-state index is 0.503. The number of H-pyrrole nitrogens is 1. The van der Waals surface area contributed by atoms with Gasteiger partial charge in [0, 0.05) is 23.2 Å². The third-order valence-corrected chi connectivity index (χ3v) is 2.96. The van der Waals surface area contributed by atoms with Crippen LogP contribution >= 0.6 is 0 Å². The highest BCUT2D eigenvalue weighted by molar-refractivity contribution is 5.83. The van der Waals surface area contributed by atoms with Crippen LogP contribution in [0.5, 0.6) is 11.5 Å². The van der Waals surface area contributed by atoms with E-state index in [0.29, 0.717) is 39.6 Å². The third-order valence-electron chi connectivity index (χ3n) is 2.96. The maximum absolute atomic E-state index is 5.73. The second-order valence-electron chi connectivity index (χ2n) is 4.29. The molecular weight excluding hydrogens is 246 g/mol. The summed E-state index contributed by atoms with van der Waals surface area (Å²) in [7, 11) is 0. The van der Waals surface area contributed by atoms with Crippen molar-refractivity contribution in [2.75, 3.05) is 39.6 Å². The van der Waals surface area contributed by atoms with E-state index in [-0.39, 0.29) is 0 Å². The van der Waals surface area contributed by atoms with E-state index in [0.717, 1.165) is 22.4 Å². The van der Waals surface area contributed by atoms with Crippen molar-refractivity contribution in [1.29, 1.82) is 0 Å². The molecular formula is C14H17NO4. The Morgan fingerprint density at radius 1 is 0.789 bits per heavy atom. The van der Waals surface area contributed by atoms with Crippen LogP contribution in [0.3, 0.4) is 0 Å². The van der Waals surface area contributed by atoms with Gasteiger partial charge in [0.2, 0.25) is 0 Å². The zero-order valence-corrected chi connectivity index (χ0v) is 10.7. The van der Waals surface area contributed by atoms with Crippen molar-refractivity contribution >= 4 is 10.9 Å². The molecule has 19 heavy (non-hydrogen) atoms. The summed E-state index contributed by atoms with van der Waals surface area (Å²) in [6.45, 7) is 3.29. The fourth-order valence-electron chi connectivity index (χ4n) is 2.03. The minimum atomic E-state index is 0.503. The number of aromatic amines is 1. The van der Waals surface area contributed by atoms with Gasteiger partial charge in [-0.3, -0.25) is 0 Å². The minimum Gasteiger partial charge on any atom is -0.487 e. The van der Waals surface area contributed by atoms with Crippen molar-refractivity contribution in [1.82, 2.24) is 4.98 Å². The van der Waals surface area contributed by atoms with Crippen molar-refractivity contribution < 1.29 is 18.9 Å². The van der Waals surface area contributed by atoms with Crippen LogP contribution in [0.2, 0.25) is 0 Å². The van der Waals surface area contributed by atoms with Crippen LogP contribution in [0, 0.1) is 0 Å². The molecule has 1 aromatic heterocycles. The van der Waals surface area contributed by atoms with Crippen LogP contribution < -0.4 is 9.47 Å². The Morgan fingerprint density at radius 3 is 2.16 bits per heavy atom. The molecule has 5 heteroatoms. The topological polar surface area (TPSA) is 52.7 Å². The van der Waals surface area contributed by atoms with Gasteiger partial charge in [-0.1, -0.05) is 0 Å².